The van der Waals surface area contributed by atoms with E-state index in [1.165, 1.54) is 49.4 Å². The predicted octanol–water partition coefficient (Wildman–Crippen LogP) is 3.59. The number of piperidine rings is 1. The van der Waals surface area contributed by atoms with Gasteiger partial charge in [-0.3, -0.25) is 9.69 Å². The highest BCUT2D eigenvalue weighted by atomic mass is 32.2. The molecule has 4 heteroatoms. The van der Waals surface area contributed by atoms with Crippen molar-refractivity contribution in [2.24, 2.45) is 5.92 Å². The van der Waals surface area contributed by atoms with Crippen molar-refractivity contribution in [3.05, 3.63) is 35.4 Å². The zero-order chi connectivity index (χ0) is 16.8. The number of benzene rings is 1. The van der Waals surface area contributed by atoms with Crippen LogP contribution >= 0.6 is 11.8 Å². The Morgan fingerprint density at radius 1 is 1.21 bits per heavy atom. The van der Waals surface area contributed by atoms with Gasteiger partial charge in [-0.1, -0.05) is 25.5 Å². The Labute approximate surface area is 150 Å². The minimum absolute atomic E-state index is 0.0765. The average Bonchev–Trinajstić information content (AvgIpc) is 3.16. The first-order valence-corrected chi connectivity index (χ1v) is 10.6. The van der Waals surface area contributed by atoms with Gasteiger partial charge in [0.15, 0.2) is 0 Å². The van der Waals surface area contributed by atoms with Crippen LogP contribution in [0.15, 0.2) is 24.3 Å². The van der Waals surface area contributed by atoms with Crippen molar-refractivity contribution < 1.29 is 4.79 Å². The summed E-state index contributed by atoms with van der Waals surface area (Å²) in [4.78, 5) is 15.0. The van der Waals surface area contributed by atoms with Gasteiger partial charge in [-0.25, -0.2) is 0 Å². The molecule has 2 fully saturated rings. The summed E-state index contributed by atoms with van der Waals surface area (Å²) in [5.41, 5.74) is 2.10. The molecule has 0 saturated carbocycles. The van der Waals surface area contributed by atoms with E-state index in [0.29, 0.717) is 5.92 Å². The van der Waals surface area contributed by atoms with Crippen molar-refractivity contribution in [2.75, 3.05) is 31.1 Å². The van der Waals surface area contributed by atoms with Crippen LogP contribution < -0.4 is 5.32 Å². The molecule has 3 nitrogen and oxygen atoms in total. The highest BCUT2D eigenvalue weighted by Crippen LogP contribution is 2.26. The summed E-state index contributed by atoms with van der Waals surface area (Å²) in [5, 5.41) is 3.14. The molecule has 1 amide bonds. The Bertz CT molecular complexity index is 517. The van der Waals surface area contributed by atoms with Crippen molar-refractivity contribution >= 4 is 17.7 Å². The molecule has 0 aromatic heterocycles. The zero-order valence-electron chi connectivity index (χ0n) is 14.8. The summed E-state index contributed by atoms with van der Waals surface area (Å²) in [6, 6.07) is 8.89. The van der Waals surface area contributed by atoms with Gasteiger partial charge >= 0.3 is 0 Å². The number of thioether (sulfide) groups is 1. The third-order valence-electron chi connectivity index (χ3n) is 5.38. The second-order valence-electron chi connectivity index (χ2n) is 7.15. The molecule has 1 unspecified atom stereocenters. The molecule has 24 heavy (non-hydrogen) atoms. The molecule has 3 rings (SSSR count). The van der Waals surface area contributed by atoms with E-state index in [9.17, 15) is 4.79 Å². The van der Waals surface area contributed by atoms with Gasteiger partial charge < -0.3 is 5.32 Å². The molecule has 2 heterocycles. The van der Waals surface area contributed by atoms with Crippen LogP contribution in [0.3, 0.4) is 0 Å². The van der Waals surface area contributed by atoms with Gasteiger partial charge in [0.25, 0.3) is 5.91 Å². The Balaban J connectivity index is 1.40. The number of amides is 1. The third-order valence-corrected chi connectivity index (χ3v) is 6.52. The highest BCUT2D eigenvalue weighted by molar-refractivity contribution is 7.99. The number of rotatable bonds is 6. The Hall–Kier alpha value is -1.00. The van der Waals surface area contributed by atoms with Crippen LogP contribution in [0.5, 0.6) is 0 Å². The van der Waals surface area contributed by atoms with Crippen LogP contribution in [0.2, 0.25) is 0 Å². The van der Waals surface area contributed by atoms with Crippen LogP contribution in [0.1, 0.15) is 48.5 Å². The van der Waals surface area contributed by atoms with Gasteiger partial charge in [-0.15, -0.1) is 0 Å². The number of aryl methyl sites for hydroxylation is 1. The monoisotopic (exact) mass is 346 g/mol. The minimum Gasteiger partial charge on any atom is -0.352 e. The van der Waals surface area contributed by atoms with Crippen molar-refractivity contribution in [1.29, 1.82) is 0 Å². The van der Waals surface area contributed by atoms with Gasteiger partial charge in [-0.2, -0.15) is 11.8 Å². The molecule has 0 aliphatic carbocycles. The van der Waals surface area contributed by atoms with E-state index in [2.05, 4.69) is 41.0 Å². The van der Waals surface area contributed by atoms with Crippen LogP contribution in [0.4, 0.5) is 0 Å². The maximum Gasteiger partial charge on any atom is 0.251 e. The number of carbonyl (C=O) groups excluding carboxylic acids is 1. The molecule has 0 radical (unpaired) electrons. The van der Waals surface area contributed by atoms with Gasteiger partial charge in [0.1, 0.15) is 0 Å². The second kappa shape index (κ2) is 8.91. The zero-order valence-corrected chi connectivity index (χ0v) is 15.6. The smallest absolute Gasteiger partial charge is 0.251 e. The second-order valence-corrected chi connectivity index (χ2v) is 8.30. The number of hydrogen-bond acceptors (Lipinski definition) is 3. The third kappa shape index (κ3) is 4.76. The first kappa shape index (κ1) is 17.8. The maximum atomic E-state index is 12.3. The Morgan fingerprint density at radius 2 is 1.96 bits per heavy atom. The average molecular weight is 347 g/mol. The van der Waals surface area contributed by atoms with Gasteiger partial charge in [0, 0.05) is 23.9 Å². The van der Waals surface area contributed by atoms with Crippen molar-refractivity contribution in [1.82, 2.24) is 10.2 Å². The molecule has 1 aromatic rings. The first-order valence-electron chi connectivity index (χ1n) is 9.45. The molecule has 2 saturated heterocycles. The summed E-state index contributed by atoms with van der Waals surface area (Å²) in [5.74, 6) is 3.36. The quantitative estimate of drug-likeness (QED) is 0.854. The highest BCUT2D eigenvalue weighted by Gasteiger charge is 2.27. The van der Waals surface area contributed by atoms with Crippen LogP contribution in [-0.2, 0) is 6.42 Å². The lowest BCUT2D eigenvalue weighted by Gasteiger charge is -2.35. The molecular formula is C20H30N2OS. The lowest BCUT2D eigenvalue weighted by molar-refractivity contribution is 0.0928. The summed E-state index contributed by atoms with van der Waals surface area (Å²) < 4.78 is 0. The fraction of sp³-hybridized carbons (Fsp3) is 0.650. The van der Waals surface area contributed by atoms with Crippen LogP contribution in [-0.4, -0.2) is 48.0 Å². The van der Waals surface area contributed by atoms with Crippen LogP contribution in [0.25, 0.3) is 0 Å². The fourth-order valence-corrected chi connectivity index (χ4v) is 5.04. The van der Waals surface area contributed by atoms with Gasteiger partial charge in [0.05, 0.1) is 0 Å². The molecule has 1 aromatic carbocycles. The summed E-state index contributed by atoms with van der Waals surface area (Å²) in [7, 11) is 0. The van der Waals surface area contributed by atoms with E-state index in [0.717, 1.165) is 31.0 Å². The Kier molecular flexibility index (Phi) is 6.61. The largest absolute Gasteiger partial charge is 0.352 e. The van der Waals surface area contributed by atoms with E-state index in [1.807, 2.05) is 12.1 Å². The molecule has 2 aliphatic rings. The summed E-state index contributed by atoms with van der Waals surface area (Å²) in [6.07, 6.45) is 6.03. The van der Waals surface area contributed by atoms with Gasteiger partial charge in [-0.05, 0) is 68.1 Å². The Morgan fingerprint density at radius 3 is 2.58 bits per heavy atom. The molecule has 2 aliphatic heterocycles. The van der Waals surface area contributed by atoms with Crippen molar-refractivity contribution in [3.8, 4) is 0 Å². The normalized spacial score (nSPS) is 22.6. The number of carbonyl (C=O) groups is 1. The van der Waals surface area contributed by atoms with Crippen molar-refractivity contribution in [2.45, 2.75) is 45.1 Å². The molecule has 1 N–H and O–H groups in total. The van der Waals surface area contributed by atoms with Gasteiger partial charge in [0.2, 0.25) is 0 Å². The summed E-state index contributed by atoms with van der Waals surface area (Å²) in [6.45, 7) is 5.41. The molecule has 132 valence electrons. The lowest BCUT2D eigenvalue weighted by Crippen LogP contribution is -2.43. The lowest BCUT2D eigenvalue weighted by atomic mass is 9.95. The molecule has 0 spiro atoms. The van der Waals surface area contributed by atoms with Crippen molar-refractivity contribution in [3.63, 3.8) is 0 Å². The molecular weight excluding hydrogens is 316 g/mol. The van der Waals surface area contributed by atoms with E-state index < -0.39 is 0 Å². The predicted molar refractivity (Wildman–Crippen MR) is 103 cm³/mol. The standard InChI is InChI=1S/C20H30N2OS/c1-2-3-16-4-6-18(7-5-16)20(23)21-14-17-8-11-22(12-9-17)19-10-13-24-15-19/h4-7,17,19H,2-3,8-15H2,1H3,(H,21,23). The summed E-state index contributed by atoms with van der Waals surface area (Å²) >= 11 is 2.09. The molecule has 0 bridgehead atoms. The number of likely N-dealkylation sites (tertiary alicyclic amines) is 1. The number of nitrogens with zero attached hydrogens (tertiary/aromatic N) is 1. The van der Waals surface area contributed by atoms with E-state index in [4.69, 9.17) is 0 Å². The van der Waals surface area contributed by atoms with Crippen LogP contribution in [0, 0.1) is 5.92 Å². The number of nitrogens with one attached hydrogen (secondary N) is 1. The molecule has 1 atom stereocenters. The van der Waals surface area contributed by atoms with E-state index in [1.54, 1.807) is 0 Å². The minimum atomic E-state index is 0.0765. The topological polar surface area (TPSA) is 32.3 Å². The van der Waals surface area contributed by atoms with E-state index >= 15 is 0 Å². The first-order chi connectivity index (χ1) is 11.8. The van der Waals surface area contributed by atoms with E-state index in [-0.39, 0.29) is 5.91 Å². The maximum absolute atomic E-state index is 12.3. The fourth-order valence-electron chi connectivity index (χ4n) is 3.78. The number of hydrogen-bond donors (Lipinski definition) is 1. The SMILES string of the molecule is CCCc1ccc(C(=O)NCC2CCN(C3CCSC3)CC2)cc1.